The molecule has 2 rings (SSSR count). The summed E-state index contributed by atoms with van der Waals surface area (Å²) in [4.78, 5) is 68.0. The zero-order valence-electron chi connectivity index (χ0n) is 19.3. The van der Waals surface area contributed by atoms with Crippen LogP contribution in [0, 0.1) is 0 Å². The topological polar surface area (TPSA) is 229 Å². The molecule has 14 nitrogen and oxygen atoms in total. The number of carbonyl (C=O) groups is 5. The monoisotopic (exact) mass is 495 g/mol. The second-order valence-electron chi connectivity index (χ2n) is 8.33. The maximum atomic E-state index is 13.0. The number of rotatable bonds is 15. The predicted molar refractivity (Wildman–Crippen MR) is 122 cm³/mol. The van der Waals surface area contributed by atoms with Gasteiger partial charge in [0.25, 0.3) is 0 Å². The molecule has 194 valence electrons. The van der Waals surface area contributed by atoms with E-state index in [9.17, 15) is 34.2 Å². The zero-order chi connectivity index (χ0) is 25.8. The van der Waals surface area contributed by atoms with Gasteiger partial charge in [0, 0.05) is 18.3 Å². The van der Waals surface area contributed by atoms with Gasteiger partial charge in [-0.2, -0.15) is 0 Å². The highest BCUT2D eigenvalue weighted by Crippen LogP contribution is 2.08. The van der Waals surface area contributed by atoms with Gasteiger partial charge in [-0.1, -0.05) is 0 Å². The normalized spacial score (nSPS) is 17.7. The molecule has 0 bridgehead atoms. The first-order valence-electron chi connectivity index (χ1n) is 11.5. The standard InChI is InChI=1S/C21H33N7O7/c22-6-2-1-4-14(21(34)35)26-19(32)15(8-12-10-23-11-25-12)27-20(33)16(9-17(29)30)28-18(31)13-5-3-7-24-13/h10-11,13-16,24H,1-9,22H2,(H,23,25)(H,26,32)(H,27,33)(H,28,31)(H,29,30)(H,34,35). The van der Waals surface area contributed by atoms with Gasteiger partial charge in [0.05, 0.1) is 18.8 Å². The molecule has 0 aromatic carbocycles. The number of H-pyrrole nitrogens is 1. The molecule has 1 aromatic heterocycles. The van der Waals surface area contributed by atoms with E-state index in [0.29, 0.717) is 38.0 Å². The average Bonchev–Trinajstić information content (AvgIpc) is 3.51. The molecule has 35 heavy (non-hydrogen) atoms. The van der Waals surface area contributed by atoms with E-state index in [1.807, 2.05) is 0 Å². The van der Waals surface area contributed by atoms with Gasteiger partial charge in [-0.25, -0.2) is 9.78 Å². The van der Waals surface area contributed by atoms with Gasteiger partial charge < -0.3 is 42.2 Å². The number of carbonyl (C=O) groups excluding carboxylic acids is 3. The second kappa shape index (κ2) is 14.0. The molecule has 0 aliphatic carbocycles. The van der Waals surface area contributed by atoms with Crippen LogP contribution in [0.3, 0.4) is 0 Å². The van der Waals surface area contributed by atoms with E-state index in [4.69, 9.17) is 5.73 Å². The molecule has 1 aromatic rings. The lowest BCUT2D eigenvalue weighted by Gasteiger charge is -2.24. The van der Waals surface area contributed by atoms with Gasteiger partial charge in [0.2, 0.25) is 17.7 Å². The van der Waals surface area contributed by atoms with Gasteiger partial charge >= 0.3 is 11.9 Å². The SMILES string of the molecule is NCCCCC(NC(=O)C(Cc1cnc[nH]1)NC(=O)C(CC(=O)O)NC(=O)C1CCCN1)C(=O)O. The Hall–Kier alpha value is -3.52. The van der Waals surface area contributed by atoms with Crippen molar-refractivity contribution >= 4 is 29.7 Å². The highest BCUT2D eigenvalue weighted by Gasteiger charge is 2.32. The molecular weight excluding hydrogens is 462 g/mol. The van der Waals surface area contributed by atoms with Gasteiger partial charge in [0.15, 0.2) is 0 Å². The predicted octanol–water partition coefficient (Wildman–Crippen LogP) is -2.15. The van der Waals surface area contributed by atoms with Crippen molar-refractivity contribution in [1.29, 1.82) is 0 Å². The first kappa shape index (κ1) is 27.7. The molecule has 0 radical (unpaired) electrons. The van der Waals surface area contributed by atoms with E-state index in [1.54, 1.807) is 0 Å². The molecular formula is C21H33N7O7. The van der Waals surface area contributed by atoms with Crippen molar-refractivity contribution in [1.82, 2.24) is 31.2 Å². The van der Waals surface area contributed by atoms with Gasteiger partial charge in [-0.05, 0) is 45.2 Å². The number of hydrogen-bond donors (Lipinski definition) is 8. The Balaban J connectivity index is 2.13. The van der Waals surface area contributed by atoms with Gasteiger partial charge in [0.1, 0.15) is 18.1 Å². The summed E-state index contributed by atoms with van der Waals surface area (Å²) in [5.74, 6) is -4.71. The molecule has 0 saturated carbocycles. The molecule has 3 amide bonds. The van der Waals surface area contributed by atoms with Crippen molar-refractivity contribution < 1.29 is 34.2 Å². The Morgan fingerprint density at radius 1 is 1.06 bits per heavy atom. The minimum Gasteiger partial charge on any atom is -0.481 e. The number of nitrogens with zero attached hydrogens (tertiary/aromatic N) is 1. The minimum atomic E-state index is -1.43. The summed E-state index contributed by atoms with van der Waals surface area (Å²) in [5, 5.41) is 29.0. The number of aromatic nitrogens is 2. The van der Waals surface area contributed by atoms with Crippen molar-refractivity contribution in [2.75, 3.05) is 13.1 Å². The molecule has 9 N–H and O–H groups in total. The van der Waals surface area contributed by atoms with E-state index in [-0.39, 0.29) is 12.8 Å². The summed E-state index contributed by atoms with van der Waals surface area (Å²) in [6.45, 7) is 1.02. The molecule has 1 aliphatic heterocycles. The van der Waals surface area contributed by atoms with Crippen LogP contribution in [-0.2, 0) is 30.4 Å². The summed E-state index contributed by atoms with van der Waals surface area (Å²) >= 11 is 0. The van der Waals surface area contributed by atoms with Crippen LogP contribution in [0.4, 0.5) is 0 Å². The summed E-state index contributed by atoms with van der Waals surface area (Å²) in [6.07, 6.45) is 4.59. The van der Waals surface area contributed by atoms with Crippen LogP contribution in [-0.4, -0.2) is 87.1 Å². The summed E-state index contributed by atoms with van der Waals surface area (Å²) in [5.41, 5.74) is 5.92. The van der Waals surface area contributed by atoms with Crippen molar-refractivity contribution in [3.8, 4) is 0 Å². The lowest BCUT2D eigenvalue weighted by molar-refractivity contribution is -0.143. The molecule has 4 atom stereocenters. The smallest absolute Gasteiger partial charge is 0.326 e. The van der Waals surface area contributed by atoms with Crippen molar-refractivity contribution in [2.24, 2.45) is 5.73 Å². The molecule has 1 fully saturated rings. The third kappa shape index (κ3) is 9.33. The quantitative estimate of drug-likeness (QED) is 0.123. The number of carboxylic acid groups (broad SMARTS) is 2. The van der Waals surface area contributed by atoms with E-state index < -0.39 is 60.2 Å². The average molecular weight is 496 g/mol. The van der Waals surface area contributed by atoms with Crippen LogP contribution in [0.15, 0.2) is 12.5 Å². The Morgan fingerprint density at radius 3 is 2.34 bits per heavy atom. The largest absolute Gasteiger partial charge is 0.481 e. The minimum absolute atomic E-state index is 0.0649. The highest BCUT2D eigenvalue weighted by atomic mass is 16.4. The first-order valence-corrected chi connectivity index (χ1v) is 11.5. The molecule has 0 spiro atoms. The van der Waals surface area contributed by atoms with E-state index in [0.717, 1.165) is 6.42 Å². The third-order valence-electron chi connectivity index (χ3n) is 5.56. The molecule has 2 heterocycles. The third-order valence-corrected chi connectivity index (χ3v) is 5.56. The fraction of sp³-hybridized carbons (Fsp3) is 0.619. The number of amides is 3. The zero-order valence-corrected chi connectivity index (χ0v) is 19.3. The number of hydrogen-bond acceptors (Lipinski definition) is 8. The number of unbranched alkanes of at least 4 members (excludes halogenated alkanes) is 1. The van der Waals surface area contributed by atoms with Crippen LogP contribution >= 0.6 is 0 Å². The van der Waals surface area contributed by atoms with Crippen molar-refractivity contribution in [3.05, 3.63) is 18.2 Å². The number of nitrogens with two attached hydrogens (primary N) is 1. The van der Waals surface area contributed by atoms with Crippen LogP contribution in [0.2, 0.25) is 0 Å². The first-order chi connectivity index (χ1) is 16.7. The summed E-state index contributed by atoms with van der Waals surface area (Å²) < 4.78 is 0. The molecule has 14 heteroatoms. The van der Waals surface area contributed by atoms with Crippen molar-refractivity contribution in [2.45, 2.75) is 69.1 Å². The van der Waals surface area contributed by atoms with Crippen LogP contribution < -0.4 is 27.0 Å². The van der Waals surface area contributed by atoms with E-state index >= 15 is 0 Å². The van der Waals surface area contributed by atoms with Crippen LogP contribution in [0.5, 0.6) is 0 Å². The molecule has 1 aliphatic rings. The maximum absolute atomic E-state index is 13.0. The maximum Gasteiger partial charge on any atom is 0.326 e. The fourth-order valence-electron chi connectivity index (χ4n) is 3.68. The number of nitrogens with one attached hydrogen (secondary N) is 5. The fourth-order valence-corrected chi connectivity index (χ4v) is 3.68. The van der Waals surface area contributed by atoms with E-state index in [1.165, 1.54) is 12.5 Å². The second-order valence-corrected chi connectivity index (χ2v) is 8.33. The van der Waals surface area contributed by atoms with Crippen LogP contribution in [0.1, 0.15) is 44.2 Å². The number of aromatic amines is 1. The number of carboxylic acids is 2. The highest BCUT2D eigenvalue weighted by molar-refractivity contribution is 5.95. The van der Waals surface area contributed by atoms with Gasteiger partial charge in [-0.3, -0.25) is 19.2 Å². The molecule has 4 unspecified atom stereocenters. The molecule has 1 saturated heterocycles. The number of aliphatic carboxylic acids is 2. The number of imidazole rings is 1. The Morgan fingerprint density at radius 2 is 1.77 bits per heavy atom. The van der Waals surface area contributed by atoms with Crippen molar-refractivity contribution in [3.63, 3.8) is 0 Å². The Bertz CT molecular complexity index is 871. The Labute approximate surface area is 201 Å². The Kier molecular flexibility index (Phi) is 11.1. The van der Waals surface area contributed by atoms with Crippen LogP contribution in [0.25, 0.3) is 0 Å². The lowest BCUT2D eigenvalue weighted by Crippen LogP contribution is -2.58. The van der Waals surface area contributed by atoms with Gasteiger partial charge in [-0.15, -0.1) is 0 Å². The summed E-state index contributed by atoms with van der Waals surface area (Å²) in [7, 11) is 0. The lowest BCUT2D eigenvalue weighted by atomic mass is 10.1. The van der Waals surface area contributed by atoms with E-state index in [2.05, 4.69) is 31.2 Å². The summed E-state index contributed by atoms with van der Waals surface area (Å²) in [6, 6.07) is -4.41.